The molecule has 0 saturated heterocycles. The van der Waals surface area contributed by atoms with E-state index in [0.29, 0.717) is 22.3 Å². The standard InChI is InChI=1S/C14H9ClF3N3/c15-11-4-1-7(14(16,17)18)5-10(11)13-9-3-2-8(19)6-12(9)20-21-13/h1-6H,19H2,(H,20,21). The Hall–Kier alpha value is -2.21. The van der Waals surface area contributed by atoms with Crippen molar-refractivity contribution in [3.8, 4) is 11.3 Å². The van der Waals surface area contributed by atoms with Crippen LogP contribution in [0.4, 0.5) is 18.9 Å². The van der Waals surface area contributed by atoms with Crippen molar-refractivity contribution in [2.45, 2.75) is 6.18 Å². The third-order valence-corrected chi connectivity index (χ3v) is 3.47. The zero-order valence-corrected chi connectivity index (χ0v) is 11.3. The second kappa shape index (κ2) is 4.66. The highest BCUT2D eigenvalue weighted by Crippen LogP contribution is 2.37. The number of halogens is 4. The molecule has 0 aliphatic rings. The summed E-state index contributed by atoms with van der Waals surface area (Å²) in [4.78, 5) is 0. The number of hydrogen-bond donors (Lipinski definition) is 2. The third kappa shape index (κ3) is 2.42. The number of fused-ring (bicyclic) bond motifs is 1. The highest BCUT2D eigenvalue weighted by atomic mass is 35.5. The van der Waals surface area contributed by atoms with Crippen LogP contribution in [0.5, 0.6) is 0 Å². The minimum Gasteiger partial charge on any atom is -0.399 e. The molecule has 1 heterocycles. The van der Waals surface area contributed by atoms with Crippen molar-refractivity contribution in [3.05, 3.63) is 47.0 Å². The Balaban J connectivity index is 2.23. The molecule has 0 bridgehead atoms. The summed E-state index contributed by atoms with van der Waals surface area (Å²) in [5.41, 5.74) is 6.65. The normalized spacial score (nSPS) is 12.0. The predicted molar refractivity (Wildman–Crippen MR) is 76.0 cm³/mol. The van der Waals surface area contributed by atoms with Gasteiger partial charge < -0.3 is 5.73 Å². The van der Waals surface area contributed by atoms with E-state index < -0.39 is 11.7 Å². The van der Waals surface area contributed by atoms with Crippen molar-refractivity contribution < 1.29 is 13.2 Å². The van der Waals surface area contributed by atoms with Crippen LogP contribution in [0, 0.1) is 0 Å². The van der Waals surface area contributed by atoms with Crippen LogP contribution < -0.4 is 5.73 Å². The second-order valence-corrected chi connectivity index (χ2v) is 4.98. The van der Waals surface area contributed by atoms with E-state index in [1.165, 1.54) is 6.07 Å². The first-order valence-electron chi connectivity index (χ1n) is 5.97. The van der Waals surface area contributed by atoms with Gasteiger partial charge >= 0.3 is 6.18 Å². The smallest absolute Gasteiger partial charge is 0.399 e. The summed E-state index contributed by atoms with van der Waals surface area (Å²) in [7, 11) is 0. The van der Waals surface area contributed by atoms with Crippen LogP contribution >= 0.6 is 11.6 Å². The Morgan fingerprint density at radius 2 is 1.86 bits per heavy atom. The minimum absolute atomic E-state index is 0.202. The van der Waals surface area contributed by atoms with Gasteiger partial charge in [-0.3, -0.25) is 5.10 Å². The van der Waals surface area contributed by atoms with Gasteiger partial charge in [0.25, 0.3) is 0 Å². The number of H-pyrrole nitrogens is 1. The molecule has 1 aromatic heterocycles. The van der Waals surface area contributed by atoms with Gasteiger partial charge in [0.2, 0.25) is 0 Å². The molecule has 0 unspecified atom stereocenters. The van der Waals surface area contributed by atoms with Gasteiger partial charge in [-0.15, -0.1) is 0 Å². The number of hydrogen-bond acceptors (Lipinski definition) is 2. The van der Waals surface area contributed by atoms with Gasteiger partial charge in [-0.25, -0.2) is 0 Å². The number of nitrogens with two attached hydrogens (primary N) is 1. The minimum atomic E-state index is -4.43. The van der Waals surface area contributed by atoms with E-state index >= 15 is 0 Å². The maximum absolute atomic E-state index is 12.8. The SMILES string of the molecule is Nc1ccc2c(-c3cc(C(F)(F)F)ccc3Cl)n[nH]c2c1. The Bertz CT molecular complexity index is 824. The van der Waals surface area contributed by atoms with Gasteiger partial charge in [0.15, 0.2) is 0 Å². The van der Waals surface area contributed by atoms with E-state index in [-0.39, 0.29) is 10.6 Å². The Labute approximate surface area is 122 Å². The summed E-state index contributed by atoms with van der Waals surface area (Å²) < 4.78 is 38.5. The van der Waals surface area contributed by atoms with Gasteiger partial charge in [0.05, 0.1) is 16.1 Å². The molecule has 7 heteroatoms. The molecule has 3 N–H and O–H groups in total. The molecule has 0 fully saturated rings. The van der Waals surface area contributed by atoms with E-state index in [1.54, 1.807) is 18.2 Å². The second-order valence-electron chi connectivity index (χ2n) is 4.57. The molecule has 0 aliphatic heterocycles. The van der Waals surface area contributed by atoms with Crippen LogP contribution in [0.2, 0.25) is 5.02 Å². The van der Waals surface area contributed by atoms with Gasteiger partial charge in [0, 0.05) is 16.6 Å². The molecule has 3 rings (SSSR count). The lowest BCUT2D eigenvalue weighted by Gasteiger charge is -2.09. The zero-order valence-electron chi connectivity index (χ0n) is 10.5. The number of rotatable bonds is 1. The van der Waals surface area contributed by atoms with Crippen LogP contribution in [-0.4, -0.2) is 10.2 Å². The molecule has 108 valence electrons. The van der Waals surface area contributed by atoms with Gasteiger partial charge in [-0.05, 0) is 36.4 Å². The van der Waals surface area contributed by atoms with Crippen molar-refractivity contribution >= 4 is 28.2 Å². The van der Waals surface area contributed by atoms with Gasteiger partial charge in [-0.1, -0.05) is 11.6 Å². The molecule has 0 amide bonds. The molecule has 3 nitrogen and oxygen atoms in total. The summed E-state index contributed by atoms with van der Waals surface area (Å²) in [6.07, 6.45) is -4.43. The largest absolute Gasteiger partial charge is 0.416 e. The van der Waals surface area contributed by atoms with Crippen LogP contribution in [0.1, 0.15) is 5.56 Å². The van der Waals surface area contributed by atoms with Crippen molar-refractivity contribution in [2.75, 3.05) is 5.73 Å². The van der Waals surface area contributed by atoms with E-state index in [2.05, 4.69) is 10.2 Å². The lowest BCUT2D eigenvalue weighted by Crippen LogP contribution is -2.04. The van der Waals surface area contributed by atoms with Crippen LogP contribution in [0.15, 0.2) is 36.4 Å². The Morgan fingerprint density at radius 3 is 2.57 bits per heavy atom. The fourth-order valence-electron chi connectivity index (χ4n) is 2.13. The van der Waals surface area contributed by atoms with Crippen LogP contribution in [0.3, 0.4) is 0 Å². The number of anilines is 1. The number of aromatic amines is 1. The number of benzene rings is 2. The highest BCUT2D eigenvalue weighted by molar-refractivity contribution is 6.33. The molecular weight excluding hydrogens is 303 g/mol. The van der Waals surface area contributed by atoms with E-state index in [0.717, 1.165) is 12.1 Å². The number of alkyl halides is 3. The van der Waals surface area contributed by atoms with Crippen molar-refractivity contribution in [1.29, 1.82) is 0 Å². The molecule has 0 spiro atoms. The van der Waals surface area contributed by atoms with Crippen molar-refractivity contribution in [1.82, 2.24) is 10.2 Å². The fourth-order valence-corrected chi connectivity index (χ4v) is 2.33. The summed E-state index contributed by atoms with van der Waals surface area (Å²) in [5, 5.41) is 7.66. The number of nitrogens with one attached hydrogen (secondary N) is 1. The maximum atomic E-state index is 12.8. The first-order chi connectivity index (χ1) is 9.86. The molecule has 21 heavy (non-hydrogen) atoms. The molecule has 0 radical (unpaired) electrons. The van der Waals surface area contributed by atoms with E-state index in [1.807, 2.05) is 0 Å². The zero-order chi connectivity index (χ0) is 15.2. The molecule has 0 aliphatic carbocycles. The van der Waals surface area contributed by atoms with Crippen LogP contribution in [-0.2, 0) is 6.18 Å². The number of aromatic nitrogens is 2. The lowest BCUT2D eigenvalue weighted by molar-refractivity contribution is -0.137. The van der Waals surface area contributed by atoms with Crippen LogP contribution in [0.25, 0.3) is 22.2 Å². The number of nitrogen functional groups attached to an aromatic ring is 1. The monoisotopic (exact) mass is 311 g/mol. The average Bonchev–Trinajstić information content (AvgIpc) is 2.80. The van der Waals surface area contributed by atoms with Gasteiger partial charge in [-0.2, -0.15) is 18.3 Å². The molecular formula is C14H9ClF3N3. The lowest BCUT2D eigenvalue weighted by atomic mass is 10.0. The van der Waals surface area contributed by atoms with E-state index in [4.69, 9.17) is 17.3 Å². The quantitative estimate of drug-likeness (QED) is 0.651. The average molecular weight is 312 g/mol. The summed E-state index contributed by atoms with van der Waals surface area (Å²) in [5.74, 6) is 0. The first-order valence-corrected chi connectivity index (χ1v) is 6.35. The molecule has 0 atom stereocenters. The molecule has 2 aromatic carbocycles. The molecule has 3 aromatic rings. The highest BCUT2D eigenvalue weighted by Gasteiger charge is 2.31. The fraction of sp³-hybridized carbons (Fsp3) is 0.0714. The Kier molecular flexibility index (Phi) is 3.06. The third-order valence-electron chi connectivity index (χ3n) is 3.14. The van der Waals surface area contributed by atoms with E-state index in [9.17, 15) is 13.2 Å². The maximum Gasteiger partial charge on any atom is 0.416 e. The summed E-state index contributed by atoms with van der Waals surface area (Å²) in [6, 6.07) is 8.17. The first kappa shape index (κ1) is 13.8. The predicted octanol–water partition coefficient (Wildman–Crippen LogP) is 4.48. The summed E-state index contributed by atoms with van der Waals surface area (Å²) >= 11 is 6.02. The van der Waals surface area contributed by atoms with Gasteiger partial charge in [0.1, 0.15) is 5.69 Å². The van der Waals surface area contributed by atoms with Crippen molar-refractivity contribution in [3.63, 3.8) is 0 Å². The topological polar surface area (TPSA) is 54.7 Å². The molecule has 0 saturated carbocycles. The van der Waals surface area contributed by atoms with Crippen molar-refractivity contribution in [2.24, 2.45) is 0 Å². The Morgan fingerprint density at radius 1 is 1.10 bits per heavy atom. The summed E-state index contributed by atoms with van der Waals surface area (Å²) in [6.45, 7) is 0. The number of nitrogens with zero attached hydrogens (tertiary/aromatic N) is 1.